The number of rotatable bonds is 2. The Kier molecular flexibility index (Phi) is 10.3. The molecule has 0 atom stereocenters. The van der Waals surface area contributed by atoms with Crippen molar-refractivity contribution in [2.24, 2.45) is 0 Å². The molecule has 11 heteroatoms. The molecule has 12 heavy (non-hydrogen) atoms. The Hall–Kier alpha value is 1.84. The molecule has 62 valence electrons. The molecule has 0 rings (SSSR count). The second kappa shape index (κ2) is 6.34. The normalized spacial score (nSPS) is 11.8. The van der Waals surface area contributed by atoms with Crippen molar-refractivity contribution in [1.82, 2.24) is 0 Å². The van der Waals surface area contributed by atoms with Gasteiger partial charge in [-0.3, -0.25) is 0 Å². The van der Waals surface area contributed by atoms with Crippen molar-refractivity contribution in [2.45, 2.75) is 4.86 Å². The van der Waals surface area contributed by atoms with Crippen molar-refractivity contribution in [3.63, 3.8) is 0 Å². The molecule has 0 fully saturated rings. The van der Waals surface area contributed by atoms with Gasteiger partial charge < -0.3 is 28.7 Å². The largest absolute Gasteiger partial charge is 2.00 e. The summed E-state index contributed by atoms with van der Waals surface area (Å²) in [7, 11) is -11.0. The molecule has 0 aromatic rings. The third kappa shape index (κ3) is 7.26. The second-order valence-corrected chi connectivity index (χ2v) is 6.03. The van der Waals surface area contributed by atoms with Crippen LogP contribution in [0.3, 0.4) is 0 Å². The molecular weight excluding hydrogens is 336 g/mol. The first-order chi connectivity index (χ1) is 4.15. The van der Waals surface area contributed by atoms with E-state index in [4.69, 9.17) is 0 Å². The molecule has 0 saturated heterocycles. The van der Waals surface area contributed by atoms with Crippen LogP contribution in [0.5, 0.6) is 0 Å². The van der Waals surface area contributed by atoms with Gasteiger partial charge in [0.25, 0.3) is 0 Å². The smallest absolute Gasteiger partial charge is 0.809 e. The third-order valence-corrected chi connectivity index (χ3v) is 4.70. The van der Waals surface area contributed by atoms with E-state index in [1.807, 2.05) is 0 Å². The van der Waals surface area contributed by atoms with Gasteiger partial charge >= 0.3 is 39.0 Å². The van der Waals surface area contributed by atoms with Gasteiger partial charge in [0.05, 0.1) is 4.86 Å². The van der Waals surface area contributed by atoms with Gasteiger partial charge in [-0.05, 0) is 15.2 Å². The van der Waals surface area contributed by atoms with Crippen molar-refractivity contribution in [3.05, 3.63) is 0 Å². The Bertz CT molecular complexity index is 186. The first-order valence-corrected chi connectivity index (χ1v) is 5.49. The van der Waals surface area contributed by atoms with Gasteiger partial charge in [0, 0.05) is 0 Å². The molecule has 0 radical (unpaired) electrons. The van der Waals surface area contributed by atoms with Crippen LogP contribution in [0, 0.1) is 0 Å². The summed E-state index contributed by atoms with van der Waals surface area (Å²) in [6, 6.07) is 0. The minimum Gasteiger partial charge on any atom is -0.809 e. The van der Waals surface area contributed by atoms with E-state index in [2.05, 4.69) is 11.6 Å². The molecule has 0 N–H and O–H groups in total. The zero-order chi connectivity index (χ0) is 8.58. The Morgan fingerprint density at radius 3 is 1.08 bits per heavy atom. The van der Waals surface area contributed by atoms with Gasteiger partial charge in [0.2, 0.25) is 0 Å². The standard InChI is InChI=1S/CH5ClO6P2.2Zn/c2-1(9(3,4)5)10(6,7)8;;/h1H,(H2,3,4,5)(H2,6,7,8);;/q;2*+2/p-4. The monoisotopic (exact) mass is 334 g/mol. The Labute approximate surface area is 98.9 Å². The third-order valence-electron chi connectivity index (χ3n) is 0.522. The first kappa shape index (κ1) is 19.4. The van der Waals surface area contributed by atoms with Crippen LogP contribution in [0.1, 0.15) is 0 Å². The average molecular weight is 337 g/mol. The maximum atomic E-state index is 9.75. The molecule has 0 saturated carbocycles. The molecule has 0 bridgehead atoms. The molecule has 0 aromatic carbocycles. The van der Waals surface area contributed by atoms with E-state index < -0.39 is 20.1 Å². The van der Waals surface area contributed by atoms with Crippen LogP contribution in [-0.4, -0.2) is 4.86 Å². The van der Waals surface area contributed by atoms with Crippen molar-refractivity contribution in [2.75, 3.05) is 0 Å². The van der Waals surface area contributed by atoms with E-state index in [1.165, 1.54) is 0 Å². The van der Waals surface area contributed by atoms with Crippen LogP contribution in [0.2, 0.25) is 0 Å². The fourth-order valence-electron chi connectivity index (χ4n) is 0.173. The summed E-state index contributed by atoms with van der Waals surface area (Å²) in [4.78, 5) is 36.1. The summed E-state index contributed by atoms with van der Waals surface area (Å²) in [6.45, 7) is 0. The van der Waals surface area contributed by atoms with E-state index in [1.54, 1.807) is 0 Å². The molecule has 0 aliphatic rings. The van der Waals surface area contributed by atoms with Gasteiger partial charge in [-0.25, -0.2) is 0 Å². The topological polar surface area (TPSA) is 126 Å². The molecule has 0 amide bonds. The second-order valence-electron chi connectivity index (χ2n) is 1.39. The number of alkyl halides is 1. The van der Waals surface area contributed by atoms with Crippen LogP contribution in [0.4, 0.5) is 0 Å². The number of halogens is 1. The fraction of sp³-hybridized carbons (Fsp3) is 1.00. The average Bonchev–Trinajstić information content (AvgIpc) is 1.59. The SMILES string of the molecule is O=P([O-])([O-])C(Cl)P(=O)([O-])[O-].[Zn+2].[Zn+2]. The minimum absolute atomic E-state index is 0. The van der Waals surface area contributed by atoms with E-state index in [-0.39, 0.29) is 39.0 Å². The quantitative estimate of drug-likeness (QED) is 0.307. The molecule has 0 spiro atoms. The van der Waals surface area contributed by atoms with Crippen LogP contribution in [0.15, 0.2) is 0 Å². The summed E-state index contributed by atoms with van der Waals surface area (Å²) >= 11 is 4.46. The van der Waals surface area contributed by atoms with Gasteiger partial charge in [-0.1, -0.05) is 0 Å². The summed E-state index contributed by atoms with van der Waals surface area (Å²) in [6.07, 6.45) is 0. The fourth-order valence-corrected chi connectivity index (χ4v) is 1.56. The Morgan fingerprint density at radius 2 is 1.08 bits per heavy atom. The summed E-state index contributed by atoms with van der Waals surface area (Å²) < 4.78 is 19.5. The molecule has 6 nitrogen and oxygen atoms in total. The molecule has 0 aliphatic heterocycles. The van der Waals surface area contributed by atoms with Crippen molar-refractivity contribution in [3.8, 4) is 0 Å². The van der Waals surface area contributed by atoms with Crippen LogP contribution in [-0.2, 0) is 48.1 Å². The van der Waals surface area contributed by atoms with Crippen LogP contribution in [0.25, 0.3) is 0 Å². The Morgan fingerprint density at radius 1 is 0.917 bits per heavy atom. The van der Waals surface area contributed by atoms with Crippen molar-refractivity contribution in [1.29, 1.82) is 0 Å². The minimum atomic E-state index is -5.50. The number of hydrogen-bond acceptors (Lipinski definition) is 6. The van der Waals surface area contributed by atoms with E-state index in [0.717, 1.165) is 0 Å². The number of hydrogen-bond donors (Lipinski definition) is 0. The zero-order valence-corrected chi connectivity index (χ0v) is 14.2. The molecule has 0 heterocycles. The van der Waals surface area contributed by atoms with Gasteiger partial charge in [-0.15, -0.1) is 11.6 Å². The maximum Gasteiger partial charge on any atom is 2.00 e. The maximum absolute atomic E-state index is 9.75. The molecule has 0 aromatic heterocycles. The molecule has 0 unspecified atom stereocenters. The Balaban J connectivity index is -0.000000405. The molecule has 0 aliphatic carbocycles. The molecular formula is CHClO6P2Zn2. The van der Waals surface area contributed by atoms with E-state index in [0.29, 0.717) is 0 Å². The predicted octanol–water partition coefficient (Wildman–Crippen LogP) is -2.67. The zero-order valence-electron chi connectivity index (χ0n) is 5.71. The van der Waals surface area contributed by atoms with E-state index in [9.17, 15) is 28.7 Å². The summed E-state index contributed by atoms with van der Waals surface area (Å²) in [5, 5.41) is 0. The van der Waals surface area contributed by atoms with Gasteiger partial charge in [-0.2, -0.15) is 0 Å². The van der Waals surface area contributed by atoms with E-state index >= 15 is 0 Å². The van der Waals surface area contributed by atoms with Crippen molar-refractivity contribution >= 4 is 26.8 Å². The van der Waals surface area contributed by atoms with Crippen molar-refractivity contribution < 1.29 is 67.7 Å². The van der Waals surface area contributed by atoms with Gasteiger partial charge in [0.1, 0.15) is 0 Å². The van der Waals surface area contributed by atoms with Crippen LogP contribution < -0.4 is 19.6 Å². The van der Waals surface area contributed by atoms with Gasteiger partial charge in [0.15, 0.2) is 0 Å². The first-order valence-electron chi connectivity index (χ1n) is 1.83. The predicted molar refractivity (Wildman–Crippen MR) is 24.9 cm³/mol. The van der Waals surface area contributed by atoms with Crippen LogP contribution >= 0.6 is 26.8 Å². The summed E-state index contributed by atoms with van der Waals surface area (Å²) in [5.41, 5.74) is 0. The summed E-state index contributed by atoms with van der Waals surface area (Å²) in [5.74, 6) is 0.